The first-order valence-electron chi connectivity index (χ1n) is 6.41. The van der Waals surface area contributed by atoms with Gasteiger partial charge in [0.05, 0.1) is 17.1 Å². The van der Waals surface area contributed by atoms with Gasteiger partial charge in [-0.15, -0.1) is 0 Å². The number of carbonyl (C=O) groups excluding carboxylic acids is 2. The molecule has 4 N–H and O–H groups in total. The highest BCUT2D eigenvalue weighted by atomic mass is 19.2. The van der Waals surface area contributed by atoms with Crippen LogP contribution in [-0.4, -0.2) is 11.8 Å². The van der Waals surface area contributed by atoms with Crippen molar-refractivity contribution in [3.8, 4) is 0 Å². The summed E-state index contributed by atoms with van der Waals surface area (Å²) in [6.07, 6.45) is 0. The van der Waals surface area contributed by atoms with Crippen LogP contribution in [0.5, 0.6) is 0 Å². The molecule has 23 heavy (non-hydrogen) atoms. The van der Waals surface area contributed by atoms with Crippen LogP contribution in [0.1, 0.15) is 5.56 Å². The molecule has 0 fully saturated rings. The van der Waals surface area contributed by atoms with Crippen molar-refractivity contribution in [3.05, 3.63) is 53.3 Å². The fourth-order valence-corrected chi connectivity index (χ4v) is 1.78. The highest BCUT2D eigenvalue weighted by Gasteiger charge is 2.19. The average Bonchev–Trinajstić information content (AvgIpc) is 2.50. The maximum atomic E-state index is 13.4. The number of nitrogens with one attached hydrogen (secondary N) is 2. The van der Waals surface area contributed by atoms with Gasteiger partial charge in [0.2, 0.25) is 0 Å². The van der Waals surface area contributed by atoms with E-state index in [2.05, 4.69) is 5.32 Å². The molecule has 0 atom stereocenters. The van der Waals surface area contributed by atoms with Gasteiger partial charge in [-0.3, -0.25) is 9.59 Å². The molecule has 0 spiro atoms. The van der Waals surface area contributed by atoms with Crippen LogP contribution in [0.3, 0.4) is 0 Å². The zero-order valence-corrected chi connectivity index (χ0v) is 11.9. The minimum absolute atomic E-state index is 0.196. The summed E-state index contributed by atoms with van der Waals surface area (Å²) in [5.74, 6) is -7.14. The molecule has 0 saturated heterocycles. The number of carbonyl (C=O) groups is 2. The van der Waals surface area contributed by atoms with Crippen LogP contribution in [0.25, 0.3) is 0 Å². The van der Waals surface area contributed by atoms with E-state index in [1.165, 1.54) is 6.07 Å². The summed E-state index contributed by atoms with van der Waals surface area (Å²) in [6.45, 7) is 1.79. The van der Waals surface area contributed by atoms with E-state index in [0.717, 1.165) is 11.6 Å². The third-order valence-corrected chi connectivity index (χ3v) is 2.94. The Kier molecular flexibility index (Phi) is 4.54. The summed E-state index contributed by atoms with van der Waals surface area (Å²) in [6, 6.07) is 6.18. The normalized spacial score (nSPS) is 10.3. The van der Waals surface area contributed by atoms with E-state index in [9.17, 15) is 22.8 Å². The molecule has 0 radical (unpaired) electrons. The molecule has 0 heterocycles. The monoisotopic (exact) mass is 323 g/mol. The molecule has 0 aliphatic heterocycles. The van der Waals surface area contributed by atoms with Gasteiger partial charge in [-0.25, -0.2) is 13.2 Å². The number of hydrogen-bond acceptors (Lipinski definition) is 3. The molecular formula is C15H12F3N3O2. The van der Waals surface area contributed by atoms with Crippen molar-refractivity contribution in [2.45, 2.75) is 6.92 Å². The Morgan fingerprint density at radius 3 is 2.09 bits per heavy atom. The van der Waals surface area contributed by atoms with Gasteiger partial charge in [-0.05, 0) is 36.8 Å². The second-order valence-electron chi connectivity index (χ2n) is 4.72. The van der Waals surface area contributed by atoms with Gasteiger partial charge >= 0.3 is 11.8 Å². The Balaban J connectivity index is 2.12. The maximum Gasteiger partial charge on any atom is 0.314 e. The highest BCUT2D eigenvalue weighted by Crippen LogP contribution is 2.21. The van der Waals surface area contributed by atoms with Crippen LogP contribution in [0, 0.1) is 24.4 Å². The van der Waals surface area contributed by atoms with E-state index in [4.69, 9.17) is 5.73 Å². The van der Waals surface area contributed by atoms with Crippen LogP contribution in [0.2, 0.25) is 0 Å². The molecular weight excluding hydrogens is 311 g/mol. The van der Waals surface area contributed by atoms with Crippen LogP contribution in [0.4, 0.5) is 30.2 Å². The van der Waals surface area contributed by atoms with Gasteiger partial charge in [0.15, 0.2) is 17.5 Å². The first-order chi connectivity index (χ1) is 10.8. The standard InChI is InChI=1S/C15H12F3N3O2/c1-7-2-4-10(9(19)6-7)20-14(22)15(23)21-11-5-3-8(16)12(17)13(11)18/h2-6H,19H2,1H3,(H,20,22)(H,21,23). The quantitative estimate of drug-likeness (QED) is 0.451. The molecule has 0 aliphatic carbocycles. The van der Waals surface area contributed by atoms with Crippen LogP contribution >= 0.6 is 0 Å². The van der Waals surface area contributed by atoms with Gasteiger partial charge in [0.25, 0.3) is 0 Å². The van der Waals surface area contributed by atoms with Gasteiger partial charge in [0, 0.05) is 0 Å². The fraction of sp³-hybridized carbons (Fsp3) is 0.0667. The fourth-order valence-electron chi connectivity index (χ4n) is 1.78. The lowest BCUT2D eigenvalue weighted by molar-refractivity contribution is -0.133. The largest absolute Gasteiger partial charge is 0.397 e. The van der Waals surface area contributed by atoms with E-state index >= 15 is 0 Å². The van der Waals surface area contributed by atoms with E-state index in [0.29, 0.717) is 6.07 Å². The lowest BCUT2D eigenvalue weighted by Gasteiger charge is -2.10. The second-order valence-corrected chi connectivity index (χ2v) is 4.72. The highest BCUT2D eigenvalue weighted by molar-refractivity contribution is 6.43. The van der Waals surface area contributed by atoms with Crippen LogP contribution < -0.4 is 16.4 Å². The topological polar surface area (TPSA) is 84.2 Å². The second kappa shape index (κ2) is 6.39. The van der Waals surface area contributed by atoms with Crippen molar-refractivity contribution in [2.75, 3.05) is 16.4 Å². The van der Waals surface area contributed by atoms with Crippen molar-refractivity contribution in [3.63, 3.8) is 0 Å². The Morgan fingerprint density at radius 2 is 1.48 bits per heavy atom. The summed E-state index contributed by atoms with van der Waals surface area (Å²) in [4.78, 5) is 23.4. The number of amides is 2. The Bertz CT molecular complexity index is 794. The molecule has 2 rings (SSSR count). The Morgan fingerprint density at radius 1 is 0.913 bits per heavy atom. The summed E-state index contributed by atoms with van der Waals surface area (Å²) in [7, 11) is 0. The SMILES string of the molecule is Cc1ccc(NC(=O)C(=O)Nc2ccc(F)c(F)c2F)c(N)c1. The zero-order chi connectivity index (χ0) is 17.1. The van der Waals surface area contributed by atoms with E-state index in [1.54, 1.807) is 19.1 Å². The Hall–Kier alpha value is -3.03. The molecule has 0 saturated carbocycles. The minimum atomic E-state index is -1.74. The first-order valence-corrected chi connectivity index (χ1v) is 6.41. The van der Waals surface area contributed by atoms with Crippen LogP contribution in [-0.2, 0) is 9.59 Å². The zero-order valence-electron chi connectivity index (χ0n) is 11.9. The van der Waals surface area contributed by atoms with Crippen molar-refractivity contribution >= 4 is 28.9 Å². The number of nitrogens with two attached hydrogens (primary N) is 1. The number of hydrogen-bond donors (Lipinski definition) is 3. The van der Waals surface area contributed by atoms with Crippen LogP contribution in [0.15, 0.2) is 30.3 Å². The van der Waals surface area contributed by atoms with Crippen molar-refractivity contribution in [2.24, 2.45) is 0 Å². The summed E-state index contributed by atoms with van der Waals surface area (Å²) < 4.78 is 39.3. The molecule has 0 aliphatic rings. The number of halogens is 3. The van der Waals surface area contributed by atoms with Gasteiger partial charge in [-0.2, -0.15) is 0 Å². The smallest absolute Gasteiger partial charge is 0.314 e. The predicted molar refractivity (Wildman–Crippen MR) is 79.2 cm³/mol. The molecule has 2 amide bonds. The van der Waals surface area contributed by atoms with Crippen molar-refractivity contribution in [1.82, 2.24) is 0 Å². The number of anilines is 3. The molecule has 0 aromatic heterocycles. The Labute approximate surface area is 129 Å². The number of rotatable bonds is 2. The number of benzene rings is 2. The number of nitrogen functional groups attached to an aromatic ring is 1. The molecule has 5 nitrogen and oxygen atoms in total. The third kappa shape index (κ3) is 3.60. The van der Waals surface area contributed by atoms with Crippen molar-refractivity contribution in [1.29, 1.82) is 0 Å². The lowest BCUT2D eigenvalue weighted by Crippen LogP contribution is -2.29. The molecule has 0 unspecified atom stereocenters. The maximum absolute atomic E-state index is 13.4. The predicted octanol–water partition coefficient (Wildman–Crippen LogP) is 2.57. The van der Waals surface area contributed by atoms with Gasteiger partial charge < -0.3 is 16.4 Å². The molecule has 2 aromatic carbocycles. The average molecular weight is 323 g/mol. The summed E-state index contributed by atoms with van der Waals surface area (Å²) in [5, 5.41) is 4.09. The van der Waals surface area contributed by atoms with E-state index in [-0.39, 0.29) is 11.4 Å². The van der Waals surface area contributed by atoms with Gasteiger partial charge in [0.1, 0.15) is 0 Å². The van der Waals surface area contributed by atoms with E-state index < -0.39 is 35.0 Å². The van der Waals surface area contributed by atoms with E-state index in [1.807, 2.05) is 5.32 Å². The van der Waals surface area contributed by atoms with Gasteiger partial charge in [-0.1, -0.05) is 6.07 Å². The minimum Gasteiger partial charge on any atom is -0.397 e. The molecule has 8 heteroatoms. The van der Waals surface area contributed by atoms with Crippen molar-refractivity contribution < 1.29 is 22.8 Å². The molecule has 0 bridgehead atoms. The summed E-state index contributed by atoms with van der Waals surface area (Å²) in [5.41, 5.74) is 6.33. The number of aryl methyl sites for hydroxylation is 1. The first kappa shape index (κ1) is 16.3. The molecule has 120 valence electrons. The summed E-state index contributed by atoms with van der Waals surface area (Å²) >= 11 is 0. The third-order valence-electron chi connectivity index (χ3n) is 2.94. The lowest BCUT2D eigenvalue weighted by atomic mass is 10.2. The molecule has 2 aromatic rings.